The number of benzene rings is 1. The molecule has 2 heteroatoms. The van der Waals surface area contributed by atoms with Crippen LogP contribution in [-0.2, 0) is 0 Å². The molecule has 0 amide bonds. The summed E-state index contributed by atoms with van der Waals surface area (Å²) in [6, 6.07) is 6.10. The smallest absolute Gasteiger partial charge is 0.0455 e. The van der Waals surface area contributed by atoms with Crippen molar-refractivity contribution in [1.29, 1.82) is 0 Å². The number of rotatable bonds is 3. The van der Waals surface area contributed by atoms with Gasteiger partial charge in [0.15, 0.2) is 0 Å². The molecule has 0 atom stereocenters. The summed E-state index contributed by atoms with van der Waals surface area (Å²) >= 11 is 6.16. The van der Waals surface area contributed by atoms with E-state index in [1.165, 1.54) is 31.4 Å². The molecular formula is C18H28ClN. The van der Waals surface area contributed by atoms with Gasteiger partial charge in [-0.3, -0.25) is 0 Å². The zero-order valence-electron chi connectivity index (χ0n) is 13.3. The number of anilines is 1. The van der Waals surface area contributed by atoms with Gasteiger partial charge in [-0.1, -0.05) is 38.4 Å². The highest BCUT2D eigenvalue weighted by atomic mass is 35.5. The summed E-state index contributed by atoms with van der Waals surface area (Å²) in [5.74, 6) is 1.71. The van der Waals surface area contributed by atoms with Gasteiger partial charge in [-0.15, -0.1) is 0 Å². The Kier molecular flexibility index (Phi) is 5.01. The zero-order valence-corrected chi connectivity index (χ0v) is 14.1. The number of halogens is 1. The van der Waals surface area contributed by atoms with Crippen molar-refractivity contribution in [3.63, 3.8) is 0 Å². The minimum Gasteiger partial charge on any atom is -0.385 e. The Morgan fingerprint density at radius 1 is 1.15 bits per heavy atom. The topological polar surface area (TPSA) is 12.0 Å². The third-order valence-electron chi connectivity index (χ3n) is 4.92. The van der Waals surface area contributed by atoms with Gasteiger partial charge in [0.2, 0.25) is 0 Å². The molecule has 1 aliphatic carbocycles. The fourth-order valence-corrected chi connectivity index (χ4v) is 3.46. The Labute approximate surface area is 129 Å². The molecule has 0 unspecified atom stereocenters. The Hall–Kier alpha value is -0.690. The fourth-order valence-electron chi connectivity index (χ4n) is 3.29. The summed E-state index contributed by atoms with van der Waals surface area (Å²) in [5.41, 5.74) is 2.83. The molecule has 1 saturated carbocycles. The fraction of sp³-hybridized carbons (Fsp3) is 0.667. The van der Waals surface area contributed by atoms with E-state index in [1.54, 1.807) is 0 Å². The first kappa shape index (κ1) is 15.7. The average molecular weight is 294 g/mol. The molecule has 1 aromatic rings. The highest BCUT2D eigenvalue weighted by molar-refractivity contribution is 6.31. The van der Waals surface area contributed by atoms with Crippen LogP contribution in [0.3, 0.4) is 0 Å². The largest absolute Gasteiger partial charge is 0.385 e. The zero-order chi connectivity index (χ0) is 14.8. The number of hydrogen-bond donors (Lipinski definition) is 1. The van der Waals surface area contributed by atoms with Gasteiger partial charge < -0.3 is 5.32 Å². The molecular weight excluding hydrogens is 266 g/mol. The van der Waals surface area contributed by atoms with Crippen molar-refractivity contribution in [3.05, 3.63) is 28.8 Å². The van der Waals surface area contributed by atoms with E-state index in [0.29, 0.717) is 5.41 Å². The number of hydrogen-bond acceptors (Lipinski definition) is 1. The van der Waals surface area contributed by atoms with Crippen molar-refractivity contribution < 1.29 is 0 Å². The molecule has 112 valence electrons. The lowest BCUT2D eigenvalue weighted by Crippen LogP contribution is -2.28. The summed E-state index contributed by atoms with van der Waals surface area (Å²) in [6.45, 7) is 10.3. The van der Waals surface area contributed by atoms with Crippen LogP contribution in [0, 0.1) is 24.2 Å². The Bertz CT molecular complexity index is 439. The molecule has 0 aliphatic heterocycles. The van der Waals surface area contributed by atoms with Crippen molar-refractivity contribution in [1.82, 2.24) is 0 Å². The summed E-state index contributed by atoms with van der Waals surface area (Å²) in [5, 5.41) is 4.45. The third-order valence-corrected chi connectivity index (χ3v) is 5.33. The lowest BCUT2D eigenvalue weighted by Gasteiger charge is -2.37. The van der Waals surface area contributed by atoms with Gasteiger partial charge in [-0.2, -0.15) is 0 Å². The molecule has 0 bridgehead atoms. The summed E-state index contributed by atoms with van der Waals surface area (Å²) in [7, 11) is 0. The highest BCUT2D eigenvalue weighted by Gasteiger charge is 2.29. The maximum Gasteiger partial charge on any atom is 0.0455 e. The van der Waals surface area contributed by atoms with Crippen LogP contribution in [0.5, 0.6) is 0 Å². The van der Waals surface area contributed by atoms with Crippen molar-refractivity contribution in [2.24, 2.45) is 17.3 Å². The molecule has 2 rings (SSSR count). The predicted molar refractivity (Wildman–Crippen MR) is 89.6 cm³/mol. The van der Waals surface area contributed by atoms with E-state index >= 15 is 0 Å². The molecule has 1 aliphatic rings. The Balaban J connectivity index is 1.83. The molecule has 0 radical (unpaired) electrons. The van der Waals surface area contributed by atoms with Gasteiger partial charge in [0, 0.05) is 17.3 Å². The van der Waals surface area contributed by atoms with Gasteiger partial charge in [-0.25, -0.2) is 0 Å². The second kappa shape index (κ2) is 6.39. The minimum atomic E-state index is 0.474. The van der Waals surface area contributed by atoms with Crippen molar-refractivity contribution in [2.75, 3.05) is 11.9 Å². The molecule has 1 N–H and O–H groups in total. The first-order valence-electron chi connectivity index (χ1n) is 7.87. The molecule has 20 heavy (non-hydrogen) atoms. The average Bonchev–Trinajstić information content (AvgIpc) is 2.40. The van der Waals surface area contributed by atoms with E-state index in [1.807, 2.05) is 12.1 Å². The molecule has 1 aromatic carbocycles. The standard InChI is InChI=1S/C18H28ClN/c1-13-16(19)6-5-7-17(13)20-12-14-8-10-15(11-9-14)18(2,3)4/h5-7,14-15,20H,8-12H2,1-4H3. The predicted octanol–water partition coefficient (Wildman–Crippen LogP) is 5.91. The maximum absolute atomic E-state index is 6.16. The van der Waals surface area contributed by atoms with E-state index in [-0.39, 0.29) is 0 Å². The molecule has 0 saturated heterocycles. The quantitative estimate of drug-likeness (QED) is 0.730. The normalized spacial score (nSPS) is 23.6. The lowest BCUT2D eigenvalue weighted by atomic mass is 9.70. The van der Waals surface area contributed by atoms with Gasteiger partial charge in [0.1, 0.15) is 0 Å². The van der Waals surface area contributed by atoms with E-state index in [0.717, 1.165) is 29.0 Å². The first-order chi connectivity index (χ1) is 9.38. The number of nitrogens with one attached hydrogen (secondary N) is 1. The van der Waals surface area contributed by atoms with E-state index < -0.39 is 0 Å². The minimum absolute atomic E-state index is 0.474. The van der Waals surface area contributed by atoms with Crippen LogP contribution in [0.1, 0.15) is 52.0 Å². The molecule has 0 aromatic heterocycles. The summed E-state index contributed by atoms with van der Waals surface area (Å²) in [6.07, 6.45) is 5.47. The van der Waals surface area contributed by atoms with Crippen molar-refractivity contribution >= 4 is 17.3 Å². The second-order valence-electron chi connectivity index (χ2n) is 7.38. The molecule has 1 fully saturated rings. The van der Waals surface area contributed by atoms with Crippen molar-refractivity contribution in [2.45, 2.75) is 53.4 Å². The van der Waals surface area contributed by atoms with Gasteiger partial charge in [0.25, 0.3) is 0 Å². The SMILES string of the molecule is Cc1c(Cl)cccc1NCC1CCC(C(C)(C)C)CC1. The van der Waals surface area contributed by atoms with Crippen LogP contribution in [0.25, 0.3) is 0 Å². The molecule has 0 heterocycles. The summed E-state index contributed by atoms with van der Waals surface area (Å²) in [4.78, 5) is 0. The van der Waals surface area contributed by atoms with Crippen LogP contribution in [0.4, 0.5) is 5.69 Å². The van der Waals surface area contributed by atoms with Crippen LogP contribution in [0.15, 0.2) is 18.2 Å². The third kappa shape index (κ3) is 3.91. The van der Waals surface area contributed by atoms with Gasteiger partial charge in [-0.05, 0) is 67.6 Å². The Morgan fingerprint density at radius 3 is 2.40 bits per heavy atom. The first-order valence-corrected chi connectivity index (χ1v) is 8.24. The van der Waals surface area contributed by atoms with E-state index in [4.69, 9.17) is 11.6 Å². The monoisotopic (exact) mass is 293 g/mol. The van der Waals surface area contributed by atoms with Crippen LogP contribution in [0.2, 0.25) is 5.02 Å². The highest BCUT2D eigenvalue weighted by Crippen LogP contribution is 2.39. The van der Waals surface area contributed by atoms with Gasteiger partial charge in [0.05, 0.1) is 0 Å². The van der Waals surface area contributed by atoms with Crippen LogP contribution >= 0.6 is 11.6 Å². The molecule has 0 spiro atoms. The molecule has 1 nitrogen and oxygen atoms in total. The second-order valence-corrected chi connectivity index (χ2v) is 7.78. The summed E-state index contributed by atoms with van der Waals surface area (Å²) < 4.78 is 0. The lowest BCUT2D eigenvalue weighted by molar-refractivity contribution is 0.153. The van der Waals surface area contributed by atoms with Crippen LogP contribution in [-0.4, -0.2) is 6.54 Å². The van der Waals surface area contributed by atoms with Crippen LogP contribution < -0.4 is 5.32 Å². The van der Waals surface area contributed by atoms with E-state index in [9.17, 15) is 0 Å². The van der Waals surface area contributed by atoms with Crippen molar-refractivity contribution in [3.8, 4) is 0 Å². The van der Waals surface area contributed by atoms with E-state index in [2.05, 4.69) is 39.1 Å². The maximum atomic E-state index is 6.16. The van der Waals surface area contributed by atoms with Gasteiger partial charge >= 0.3 is 0 Å². The Morgan fingerprint density at radius 2 is 1.80 bits per heavy atom.